The molecule has 2 aromatic rings. The van der Waals surface area contributed by atoms with Crippen LogP contribution in [-0.2, 0) is 11.3 Å². The average Bonchev–Trinajstić information content (AvgIpc) is 3.17. The summed E-state index contributed by atoms with van der Waals surface area (Å²) in [7, 11) is 0. The Morgan fingerprint density at radius 1 is 0.931 bits per heavy atom. The van der Waals surface area contributed by atoms with Crippen molar-refractivity contribution in [2.24, 2.45) is 0 Å². The second kappa shape index (κ2) is 11.5. The molecular weight excluding hydrogens is 415 g/mol. The van der Waals surface area contributed by atoms with Crippen molar-refractivity contribution in [1.29, 1.82) is 0 Å². The van der Waals surface area contributed by atoms with Crippen molar-refractivity contribution in [1.82, 2.24) is 4.90 Å². The maximum Gasteiger partial charge on any atom is 0.231 e. The fourth-order valence-corrected chi connectivity index (χ4v) is 3.52. The molecular formula is C21H28Cl2N2O4. The number of para-hydroxylation sites is 1. The zero-order chi connectivity index (χ0) is 18.5. The second-order valence-corrected chi connectivity index (χ2v) is 6.98. The summed E-state index contributed by atoms with van der Waals surface area (Å²) in [5, 5.41) is 10.3. The smallest absolute Gasteiger partial charge is 0.231 e. The number of β-amino-alcohol motifs (C(OH)–C–C–N with tert-alkyl or cyclic N) is 1. The van der Waals surface area contributed by atoms with Crippen molar-refractivity contribution in [3.05, 3.63) is 54.1 Å². The molecule has 0 aromatic heterocycles. The number of hydrogen-bond acceptors (Lipinski definition) is 6. The number of fused-ring (bicyclic) bond motifs is 1. The van der Waals surface area contributed by atoms with Gasteiger partial charge in [0.1, 0.15) is 0 Å². The normalized spacial score (nSPS) is 16.7. The third-order valence-electron chi connectivity index (χ3n) is 4.98. The first kappa shape index (κ1) is 23.6. The van der Waals surface area contributed by atoms with E-state index in [0.29, 0.717) is 19.8 Å². The minimum Gasteiger partial charge on any atom is -0.454 e. The van der Waals surface area contributed by atoms with Crippen LogP contribution in [-0.4, -0.2) is 62.2 Å². The fourth-order valence-electron chi connectivity index (χ4n) is 3.52. The Kier molecular flexibility index (Phi) is 9.33. The van der Waals surface area contributed by atoms with Crippen LogP contribution in [0.2, 0.25) is 0 Å². The minimum atomic E-state index is -0.484. The van der Waals surface area contributed by atoms with Gasteiger partial charge in [-0.05, 0) is 29.8 Å². The summed E-state index contributed by atoms with van der Waals surface area (Å²) >= 11 is 0. The van der Waals surface area contributed by atoms with Crippen molar-refractivity contribution in [2.75, 3.05) is 51.0 Å². The largest absolute Gasteiger partial charge is 0.454 e. The molecule has 6 nitrogen and oxygen atoms in total. The highest BCUT2D eigenvalue weighted by atomic mass is 35.5. The molecule has 1 unspecified atom stereocenters. The third-order valence-corrected chi connectivity index (χ3v) is 4.98. The Bertz CT molecular complexity index is 743. The first-order chi connectivity index (χ1) is 13.3. The quantitative estimate of drug-likeness (QED) is 0.711. The van der Waals surface area contributed by atoms with Gasteiger partial charge in [-0.3, -0.25) is 4.90 Å². The Balaban J connectivity index is 0.00000150. The highest BCUT2D eigenvalue weighted by Crippen LogP contribution is 2.32. The van der Waals surface area contributed by atoms with Gasteiger partial charge in [0.25, 0.3) is 0 Å². The predicted molar refractivity (Wildman–Crippen MR) is 118 cm³/mol. The Hall–Kier alpha value is -1.70. The van der Waals surface area contributed by atoms with Crippen molar-refractivity contribution in [3.8, 4) is 11.5 Å². The van der Waals surface area contributed by atoms with Crippen LogP contribution in [0.4, 0.5) is 5.69 Å². The van der Waals surface area contributed by atoms with Crippen LogP contribution in [0.3, 0.4) is 0 Å². The molecule has 4 rings (SSSR count). The molecule has 2 heterocycles. The van der Waals surface area contributed by atoms with E-state index >= 15 is 0 Å². The summed E-state index contributed by atoms with van der Waals surface area (Å²) in [6, 6.07) is 16.3. The molecule has 1 fully saturated rings. The third kappa shape index (κ3) is 6.39. The first-order valence-electron chi connectivity index (χ1n) is 9.44. The molecule has 1 atom stereocenters. The van der Waals surface area contributed by atoms with E-state index in [2.05, 4.69) is 34.1 Å². The van der Waals surface area contributed by atoms with Crippen LogP contribution in [0.5, 0.6) is 11.5 Å². The van der Waals surface area contributed by atoms with Gasteiger partial charge in [-0.2, -0.15) is 0 Å². The highest BCUT2D eigenvalue weighted by Gasteiger charge is 2.19. The minimum absolute atomic E-state index is 0. The standard InChI is InChI=1S/C21H26N2O4.2ClH/c24-19(15-25-14-17-6-7-20-21(12-17)27-16-26-20)13-22-8-10-23(11-9-22)18-4-2-1-3-5-18;;/h1-7,12,19,24H,8-11,13-16H2;2*1H. The number of piperazine rings is 1. The molecule has 0 bridgehead atoms. The molecule has 2 aliphatic heterocycles. The number of aliphatic hydroxyl groups excluding tert-OH is 1. The maximum atomic E-state index is 10.3. The Labute approximate surface area is 184 Å². The van der Waals surface area contributed by atoms with E-state index in [1.165, 1.54) is 5.69 Å². The highest BCUT2D eigenvalue weighted by molar-refractivity contribution is 5.85. The van der Waals surface area contributed by atoms with Gasteiger partial charge in [0.2, 0.25) is 6.79 Å². The van der Waals surface area contributed by atoms with E-state index in [1.54, 1.807) is 0 Å². The Morgan fingerprint density at radius 2 is 1.66 bits per heavy atom. The molecule has 0 radical (unpaired) electrons. The molecule has 8 heteroatoms. The number of nitrogens with zero attached hydrogens (tertiary/aromatic N) is 2. The summed E-state index contributed by atoms with van der Waals surface area (Å²) in [6.07, 6.45) is -0.484. The van der Waals surface area contributed by atoms with Gasteiger partial charge in [0, 0.05) is 38.4 Å². The van der Waals surface area contributed by atoms with E-state index in [4.69, 9.17) is 14.2 Å². The molecule has 29 heavy (non-hydrogen) atoms. The zero-order valence-corrected chi connectivity index (χ0v) is 17.9. The Morgan fingerprint density at radius 3 is 2.41 bits per heavy atom. The van der Waals surface area contributed by atoms with E-state index < -0.39 is 6.10 Å². The summed E-state index contributed by atoms with van der Waals surface area (Å²) in [6.45, 7) is 5.56. The van der Waals surface area contributed by atoms with Crippen molar-refractivity contribution >= 4 is 30.5 Å². The zero-order valence-electron chi connectivity index (χ0n) is 16.2. The van der Waals surface area contributed by atoms with Crippen LogP contribution < -0.4 is 14.4 Å². The van der Waals surface area contributed by atoms with E-state index in [-0.39, 0.29) is 31.6 Å². The van der Waals surface area contributed by atoms with Crippen LogP contribution in [0.1, 0.15) is 5.56 Å². The lowest BCUT2D eigenvalue weighted by molar-refractivity contribution is 0.00911. The number of ether oxygens (including phenoxy) is 3. The molecule has 2 aliphatic rings. The van der Waals surface area contributed by atoms with Gasteiger partial charge in [-0.25, -0.2) is 0 Å². The summed E-state index contributed by atoms with van der Waals surface area (Å²) in [5.41, 5.74) is 2.28. The molecule has 0 spiro atoms. The topological polar surface area (TPSA) is 54.4 Å². The summed E-state index contributed by atoms with van der Waals surface area (Å²) in [4.78, 5) is 4.69. The number of rotatable bonds is 7. The van der Waals surface area contributed by atoms with Gasteiger partial charge >= 0.3 is 0 Å². The van der Waals surface area contributed by atoms with Crippen LogP contribution in [0, 0.1) is 0 Å². The van der Waals surface area contributed by atoms with Crippen molar-refractivity contribution < 1.29 is 19.3 Å². The molecule has 2 aromatic carbocycles. The molecule has 1 saturated heterocycles. The predicted octanol–water partition coefficient (Wildman–Crippen LogP) is 2.96. The number of aliphatic hydroxyl groups is 1. The lowest BCUT2D eigenvalue weighted by atomic mass is 10.2. The molecule has 1 N–H and O–H groups in total. The van der Waals surface area contributed by atoms with Crippen LogP contribution >= 0.6 is 24.8 Å². The van der Waals surface area contributed by atoms with Crippen LogP contribution in [0.15, 0.2) is 48.5 Å². The number of halogens is 2. The number of anilines is 1. The van der Waals surface area contributed by atoms with Crippen LogP contribution in [0.25, 0.3) is 0 Å². The summed E-state index contributed by atoms with van der Waals surface area (Å²) < 4.78 is 16.4. The second-order valence-electron chi connectivity index (χ2n) is 6.98. The van der Waals surface area contributed by atoms with Gasteiger partial charge in [0.15, 0.2) is 11.5 Å². The van der Waals surface area contributed by atoms with Gasteiger partial charge < -0.3 is 24.2 Å². The lowest BCUT2D eigenvalue weighted by Gasteiger charge is -2.36. The summed E-state index contributed by atoms with van der Waals surface area (Å²) in [5.74, 6) is 1.53. The van der Waals surface area contributed by atoms with Crippen molar-refractivity contribution in [3.63, 3.8) is 0 Å². The number of hydrogen-bond donors (Lipinski definition) is 1. The molecule has 0 amide bonds. The molecule has 0 aliphatic carbocycles. The van der Waals surface area contributed by atoms with E-state index in [9.17, 15) is 5.11 Å². The number of benzene rings is 2. The maximum absolute atomic E-state index is 10.3. The lowest BCUT2D eigenvalue weighted by Crippen LogP contribution is -2.49. The molecule has 160 valence electrons. The first-order valence-corrected chi connectivity index (χ1v) is 9.44. The van der Waals surface area contributed by atoms with E-state index in [0.717, 1.165) is 43.2 Å². The van der Waals surface area contributed by atoms with Gasteiger partial charge in [0.05, 0.1) is 19.3 Å². The average molecular weight is 443 g/mol. The van der Waals surface area contributed by atoms with Crippen molar-refractivity contribution in [2.45, 2.75) is 12.7 Å². The SMILES string of the molecule is Cl.Cl.OC(COCc1ccc2c(c1)OCO2)CN1CCN(c2ccccc2)CC1. The van der Waals surface area contributed by atoms with Gasteiger partial charge in [-0.15, -0.1) is 24.8 Å². The monoisotopic (exact) mass is 442 g/mol. The van der Waals surface area contributed by atoms with E-state index in [1.807, 2.05) is 24.3 Å². The molecule has 0 saturated carbocycles. The van der Waals surface area contributed by atoms with Gasteiger partial charge in [-0.1, -0.05) is 24.3 Å². The fraction of sp³-hybridized carbons (Fsp3) is 0.429.